The van der Waals surface area contributed by atoms with E-state index in [-0.39, 0.29) is 5.91 Å². The number of nitrogens with one attached hydrogen (secondary N) is 1. The maximum absolute atomic E-state index is 13.7. The lowest BCUT2D eigenvalue weighted by molar-refractivity contribution is 0.0744. The van der Waals surface area contributed by atoms with Crippen molar-refractivity contribution < 1.29 is 14.3 Å². The van der Waals surface area contributed by atoms with Crippen molar-refractivity contribution in [1.29, 1.82) is 0 Å². The number of nitrogens with zero attached hydrogens (tertiary/aromatic N) is 3. The summed E-state index contributed by atoms with van der Waals surface area (Å²) in [6, 6.07) is 13.5. The summed E-state index contributed by atoms with van der Waals surface area (Å²) >= 11 is 0. The molecule has 1 saturated carbocycles. The minimum Gasteiger partial charge on any atom is -0.497 e. The second-order valence-corrected chi connectivity index (χ2v) is 8.66. The number of rotatable bonds is 9. The highest BCUT2D eigenvalue weighted by molar-refractivity contribution is 5.99. The lowest BCUT2D eigenvalue weighted by Crippen LogP contribution is -2.35. The van der Waals surface area contributed by atoms with Gasteiger partial charge in [-0.15, -0.1) is 0 Å². The van der Waals surface area contributed by atoms with E-state index in [1.165, 1.54) is 18.4 Å². The van der Waals surface area contributed by atoms with Gasteiger partial charge in [-0.2, -0.15) is 0 Å². The Morgan fingerprint density at radius 2 is 2.00 bits per heavy atom. The van der Waals surface area contributed by atoms with Gasteiger partial charge in [-0.25, -0.2) is 4.98 Å². The Kier molecular flexibility index (Phi) is 6.16. The summed E-state index contributed by atoms with van der Waals surface area (Å²) in [4.78, 5) is 27.8. The third-order valence-corrected chi connectivity index (χ3v) is 6.36. The van der Waals surface area contributed by atoms with Crippen LogP contribution < -0.4 is 9.47 Å². The molecule has 1 aliphatic carbocycles. The van der Waals surface area contributed by atoms with E-state index in [0.717, 1.165) is 40.7 Å². The lowest BCUT2D eigenvalue weighted by Gasteiger charge is -2.23. The molecule has 5 rings (SSSR count). The molecule has 0 saturated heterocycles. The largest absolute Gasteiger partial charge is 0.497 e. The van der Waals surface area contributed by atoms with Gasteiger partial charge in [0.15, 0.2) is 0 Å². The van der Waals surface area contributed by atoms with E-state index in [2.05, 4.69) is 21.0 Å². The molecule has 3 aromatic heterocycles. The topological polar surface area (TPSA) is 80.3 Å². The first kappa shape index (κ1) is 21.9. The third-order valence-electron chi connectivity index (χ3n) is 6.36. The maximum atomic E-state index is 13.7. The number of hydrogen-bond donors (Lipinski definition) is 1. The molecule has 1 aliphatic rings. The number of H-pyrrole nitrogens is 1. The van der Waals surface area contributed by atoms with Crippen molar-refractivity contribution in [3.8, 4) is 22.8 Å². The second kappa shape index (κ2) is 9.55. The van der Waals surface area contributed by atoms with E-state index in [0.29, 0.717) is 24.0 Å². The van der Waals surface area contributed by atoms with Gasteiger partial charge in [-0.3, -0.25) is 9.78 Å². The van der Waals surface area contributed by atoms with Gasteiger partial charge in [-0.1, -0.05) is 6.07 Å². The standard InChI is InChI=1S/C27H28N4O3/c1-33-21-8-9-22-20(15-29-24(22)14-21)11-13-31(17-18-5-6-18)27(32)26-23(4-3-12-28-26)19-7-10-25(34-2)30-16-19/h3-4,7-10,12,14-16,18,29H,5-6,11,13,17H2,1-2H3. The minimum absolute atomic E-state index is 0.0418. The Balaban J connectivity index is 1.39. The molecule has 0 aliphatic heterocycles. The molecule has 1 aromatic carbocycles. The highest BCUT2D eigenvalue weighted by Crippen LogP contribution is 2.32. The summed E-state index contributed by atoms with van der Waals surface area (Å²) in [6.07, 6.45) is 8.53. The summed E-state index contributed by atoms with van der Waals surface area (Å²) in [5.74, 6) is 1.89. The van der Waals surface area contributed by atoms with Gasteiger partial charge in [-0.05, 0) is 55.0 Å². The molecule has 0 radical (unpaired) electrons. The number of methoxy groups -OCH3 is 2. The summed E-state index contributed by atoms with van der Waals surface area (Å²) in [5, 5.41) is 1.16. The molecule has 1 fully saturated rings. The number of carbonyl (C=O) groups is 1. The molecule has 0 spiro atoms. The monoisotopic (exact) mass is 456 g/mol. The number of amides is 1. The van der Waals surface area contributed by atoms with Crippen LogP contribution in [0, 0.1) is 5.92 Å². The van der Waals surface area contributed by atoms with Crippen LogP contribution in [0.25, 0.3) is 22.0 Å². The molecule has 0 unspecified atom stereocenters. The van der Waals surface area contributed by atoms with Gasteiger partial charge in [0.1, 0.15) is 11.4 Å². The zero-order valence-electron chi connectivity index (χ0n) is 19.5. The first-order valence-corrected chi connectivity index (χ1v) is 11.5. The minimum atomic E-state index is -0.0418. The van der Waals surface area contributed by atoms with E-state index < -0.39 is 0 Å². The normalized spacial score (nSPS) is 13.1. The highest BCUT2D eigenvalue weighted by Gasteiger charge is 2.29. The summed E-state index contributed by atoms with van der Waals surface area (Å²) < 4.78 is 10.5. The van der Waals surface area contributed by atoms with Gasteiger partial charge in [0.25, 0.3) is 5.91 Å². The first-order chi connectivity index (χ1) is 16.7. The van der Waals surface area contributed by atoms with Crippen LogP contribution in [0.4, 0.5) is 0 Å². The Morgan fingerprint density at radius 1 is 1.12 bits per heavy atom. The van der Waals surface area contributed by atoms with Crippen molar-refractivity contribution in [2.45, 2.75) is 19.3 Å². The van der Waals surface area contributed by atoms with Gasteiger partial charge in [0.2, 0.25) is 5.88 Å². The molecule has 1 amide bonds. The van der Waals surface area contributed by atoms with E-state index >= 15 is 0 Å². The summed E-state index contributed by atoms with van der Waals surface area (Å²) in [7, 11) is 3.25. The number of ether oxygens (including phenoxy) is 2. The van der Waals surface area contributed by atoms with Crippen molar-refractivity contribution in [1.82, 2.24) is 19.9 Å². The lowest BCUT2D eigenvalue weighted by atomic mass is 10.0. The Hall–Kier alpha value is -3.87. The number of aromatic nitrogens is 3. The van der Waals surface area contributed by atoms with Crippen molar-refractivity contribution >= 4 is 16.8 Å². The van der Waals surface area contributed by atoms with E-state index in [4.69, 9.17) is 9.47 Å². The van der Waals surface area contributed by atoms with Crippen molar-refractivity contribution in [2.75, 3.05) is 27.3 Å². The molecule has 3 heterocycles. The van der Waals surface area contributed by atoms with Gasteiger partial charge >= 0.3 is 0 Å². The fourth-order valence-corrected chi connectivity index (χ4v) is 4.26. The number of carbonyl (C=O) groups excluding carboxylic acids is 1. The fourth-order valence-electron chi connectivity index (χ4n) is 4.26. The number of hydrogen-bond acceptors (Lipinski definition) is 5. The average molecular weight is 457 g/mol. The third kappa shape index (κ3) is 4.59. The van der Waals surface area contributed by atoms with Crippen LogP contribution >= 0.6 is 0 Å². The van der Waals surface area contributed by atoms with Crippen LogP contribution in [0.3, 0.4) is 0 Å². The smallest absolute Gasteiger partial charge is 0.273 e. The van der Waals surface area contributed by atoms with Gasteiger partial charge < -0.3 is 19.4 Å². The molecule has 7 heteroatoms. The molecule has 7 nitrogen and oxygen atoms in total. The van der Waals surface area contributed by atoms with Crippen LogP contribution in [0.15, 0.2) is 61.1 Å². The van der Waals surface area contributed by atoms with Crippen LogP contribution in [-0.2, 0) is 6.42 Å². The van der Waals surface area contributed by atoms with E-state index in [1.807, 2.05) is 41.4 Å². The Bertz CT molecular complexity index is 1290. The molecule has 0 atom stereocenters. The quantitative estimate of drug-likeness (QED) is 0.394. The van der Waals surface area contributed by atoms with Crippen LogP contribution in [-0.4, -0.2) is 53.1 Å². The highest BCUT2D eigenvalue weighted by atomic mass is 16.5. The predicted octanol–water partition coefficient (Wildman–Crippen LogP) is 4.74. The zero-order valence-corrected chi connectivity index (χ0v) is 19.5. The number of aromatic amines is 1. The number of fused-ring (bicyclic) bond motifs is 1. The van der Waals surface area contributed by atoms with Gasteiger partial charge in [0, 0.05) is 65.8 Å². The molecular formula is C27H28N4O3. The maximum Gasteiger partial charge on any atom is 0.273 e. The Labute approximate surface area is 198 Å². The SMILES string of the molecule is COc1ccc2c(CCN(CC3CC3)C(=O)c3ncccc3-c3ccc(OC)nc3)c[nH]c2c1. The molecule has 34 heavy (non-hydrogen) atoms. The van der Waals surface area contributed by atoms with E-state index in [9.17, 15) is 4.79 Å². The molecule has 1 N–H and O–H groups in total. The number of pyridine rings is 2. The molecular weight excluding hydrogens is 428 g/mol. The van der Waals surface area contributed by atoms with Gasteiger partial charge in [0.05, 0.1) is 14.2 Å². The molecule has 0 bridgehead atoms. The first-order valence-electron chi connectivity index (χ1n) is 11.5. The molecule has 174 valence electrons. The molecule has 4 aromatic rings. The Morgan fingerprint density at radius 3 is 2.74 bits per heavy atom. The number of benzene rings is 1. The van der Waals surface area contributed by atoms with Crippen molar-refractivity contribution in [3.05, 3.63) is 72.3 Å². The van der Waals surface area contributed by atoms with Crippen LogP contribution in [0.1, 0.15) is 28.9 Å². The van der Waals surface area contributed by atoms with Crippen LogP contribution in [0.5, 0.6) is 11.6 Å². The van der Waals surface area contributed by atoms with Crippen molar-refractivity contribution in [2.24, 2.45) is 5.92 Å². The fraction of sp³-hybridized carbons (Fsp3) is 0.296. The average Bonchev–Trinajstić information content (AvgIpc) is 3.63. The summed E-state index contributed by atoms with van der Waals surface area (Å²) in [6.45, 7) is 1.39. The predicted molar refractivity (Wildman–Crippen MR) is 131 cm³/mol. The zero-order chi connectivity index (χ0) is 23.5. The van der Waals surface area contributed by atoms with Crippen molar-refractivity contribution in [3.63, 3.8) is 0 Å². The van der Waals surface area contributed by atoms with E-state index in [1.54, 1.807) is 32.7 Å². The summed E-state index contributed by atoms with van der Waals surface area (Å²) in [5.41, 5.74) is 4.30. The van der Waals surface area contributed by atoms with Crippen LogP contribution in [0.2, 0.25) is 0 Å². The second-order valence-electron chi connectivity index (χ2n) is 8.66.